The van der Waals surface area contributed by atoms with E-state index in [1.54, 1.807) is 52.0 Å². The molecule has 0 saturated carbocycles. The van der Waals surface area contributed by atoms with Gasteiger partial charge < -0.3 is 14.8 Å². The van der Waals surface area contributed by atoms with Crippen molar-refractivity contribution in [2.24, 2.45) is 0 Å². The molecule has 1 rings (SSSR count). The Morgan fingerprint density at radius 1 is 1.04 bits per heavy atom. The standard InChI is InChI=1S/C18H25NO5/c1-5-23-18(22)15(19-13(4)17(21)24-12(2)3)11-16(20)14-9-7-6-8-10-14/h6-10,12-13,15,19H,5,11H2,1-4H3/p+1/t13-,15-/m0/s1. The second-order valence-corrected chi connectivity index (χ2v) is 5.82. The summed E-state index contributed by atoms with van der Waals surface area (Å²) in [7, 11) is 0. The van der Waals surface area contributed by atoms with Gasteiger partial charge in [0.1, 0.15) is 0 Å². The van der Waals surface area contributed by atoms with Crippen molar-refractivity contribution in [3.8, 4) is 0 Å². The molecule has 0 fully saturated rings. The number of ketones is 1. The number of ether oxygens (including phenoxy) is 2. The Morgan fingerprint density at radius 3 is 2.21 bits per heavy atom. The topological polar surface area (TPSA) is 86.3 Å². The maximum Gasteiger partial charge on any atom is 0.365 e. The summed E-state index contributed by atoms with van der Waals surface area (Å²) in [6.45, 7) is 7.07. The zero-order chi connectivity index (χ0) is 18.1. The Bertz CT molecular complexity index is 556. The van der Waals surface area contributed by atoms with Gasteiger partial charge in [-0.05, 0) is 27.7 Å². The lowest BCUT2D eigenvalue weighted by Gasteiger charge is -2.18. The maximum absolute atomic E-state index is 12.3. The first kappa shape index (κ1) is 19.8. The zero-order valence-electron chi connectivity index (χ0n) is 14.7. The van der Waals surface area contributed by atoms with Crippen molar-refractivity contribution in [1.82, 2.24) is 0 Å². The van der Waals surface area contributed by atoms with Crippen LogP contribution in [0.4, 0.5) is 0 Å². The summed E-state index contributed by atoms with van der Waals surface area (Å²) in [4.78, 5) is 36.4. The van der Waals surface area contributed by atoms with E-state index in [-0.39, 0.29) is 24.9 Å². The van der Waals surface area contributed by atoms with Crippen LogP contribution in [0.25, 0.3) is 0 Å². The highest BCUT2D eigenvalue weighted by molar-refractivity contribution is 5.98. The Hall–Kier alpha value is -2.21. The Kier molecular flexibility index (Phi) is 8.12. The van der Waals surface area contributed by atoms with Crippen LogP contribution in [0.3, 0.4) is 0 Å². The van der Waals surface area contributed by atoms with Crippen LogP contribution >= 0.6 is 0 Å². The second kappa shape index (κ2) is 9.82. The molecule has 0 spiro atoms. The average molecular weight is 336 g/mol. The Balaban J connectivity index is 2.79. The van der Waals surface area contributed by atoms with E-state index in [1.165, 1.54) is 5.32 Å². The lowest BCUT2D eigenvalue weighted by molar-refractivity contribution is -0.696. The normalized spacial score (nSPS) is 13.2. The summed E-state index contributed by atoms with van der Waals surface area (Å²) in [5, 5.41) is 1.53. The van der Waals surface area contributed by atoms with Gasteiger partial charge in [-0.1, -0.05) is 30.3 Å². The van der Waals surface area contributed by atoms with Crippen molar-refractivity contribution in [2.75, 3.05) is 6.61 Å². The lowest BCUT2D eigenvalue weighted by Crippen LogP contribution is -2.98. The molecule has 24 heavy (non-hydrogen) atoms. The van der Waals surface area contributed by atoms with Crippen molar-refractivity contribution < 1.29 is 29.2 Å². The molecule has 6 nitrogen and oxygen atoms in total. The van der Waals surface area contributed by atoms with Gasteiger partial charge in [0.15, 0.2) is 17.9 Å². The average Bonchev–Trinajstić information content (AvgIpc) is 2.54. The third-order valence-corrected chi connectivity index (χ3v) is 3.34. The van der Waals surface area contributed by atoms with Crippen molar-refractivity contribution in [2.45, 2.75) is 52.3 Å². The highest BCUT2D eigenvalue weighted by atomic mass is 16.5. The van der Waals surface area contributed by atoms with E-state index in [0.717, 1.165) is 0 Å². The number of hydrogen-bond acceptors (Lipinski definition) is 5. The summed E-state index contributed by atoms with van der Waals surface area (Å²) in [5.41, 5.74) is 0.526. The molecular weight excluding hydrogens is 310 g/mol. The summed E-state index contributed by atoms with van der Waals surface area (Å²) < 4.78 is 10.2. The van der Waals surface area contributed by atoms with Gasteiger partial charge in [-0.3, -0.25) is 4.79 Å². The number of esters is 2. The molecule has 2 atom stereocenters. The highest BCUT2D eigenvalue weighted by Gasteiger charge is 2.32. The van der Waals surface area contributed by atoms with E-state index in [1.807, 2.05) is 6.07 Å². The molecular formula is C18H26NO5+. The fourth-order valence-corrected chi connectivity index (χ4v) is 2.19. The van der Waals surface area contributed by atoms with Crippen LogP contribution in [0.1, 0.15) is 44.5 Å². The summed E-state index contributed by atoms with van der Waals surface area (Å²) >= 11 is 0. The Labute approximate surface area is 142 Å². The SMILES string of the molecule is CCOC(=O)[C@H](CC(=O)c1ccccc1)[NH2+][C@@H](C)C(=O)OC(C)C. The van der Waals surface area contributed by atoms with Gasteiger partial charge in [0.2, 0.25) is 0 Å². The number of carbonyl (C=O) groups excluding carboxylic acids is 3. The fraction of sp³-hybridized carbons (Fsp3) is 0.500. The molecule has 0 aliphatic rings. The molecule has 132 valence electrons. The number of benzene rings is 1. The molecule has 6 heteroatoms. The minimum absolute atomic E-state index is 0.0395. The molecule has 0 saturated heterocycles. The first-order valence-corrected chi connectivity index (χ1v) is 8.15. The summed E-state index contributed by atoms with van der Waals surface area (Å²) in [5.74, 6) is -1.10. The first-order chi connectivity index (χ1) is 11.3. The van der Waals surface area contributed by atoms with Crippen LogP contribution < -0.4 is 5.32 Å². The number of Topliss-reactive ketones (excluding diaryl/α,β-unsaturated/α-hetero) is 1. The molecule has 0 bridgehead atoms. The second-order valence-electron chi connectivity index (χ2n) is 5.82. The summed E-state index contributed by atoms with van der Waals surface area (Å²) in [6.07, 6.45) is -0.275. The predicted octanol–water partition coefficient (Wildman–Crippen LogP) is 1.09. The molecule has 0 aliphatic heterocycles. The molecule has 0 heterocycles. The van der Waals surface area contributed by atoms with Gasteiger partial charge in [0, 0.05) is 5.56 Å². The molecule has 1 aromatic carbocycles. The zero-order valence-corrected chi connectivity index (χ0v) is 14.7. The van der Waals surface area contributed by atoms with E-state index in [0.29, 0.717) is 5.56 Å². The largest absolute Gasteiger partial charge is 0.462 e. The molecule has 0 amide bonds. The smallest absolute Gasteiger partial charge is 0.365 e. The van der Waals surface area contributed by atoms with Crippen LogP contribution in [0, 0.1) is 0 Å². The number of hydrogen-bond donors (Lipinski definition) is 1. The fourth-order valence-electron chi connectivity index (χ4n) is 2.19. The van der Waals surface area contributed by atoms with Gasteiger partial charge in [0.25, 0.3) is 0 Å². The van der Waals surface area contributed by atoms with E-state index in [9.17, 15) is 14.4 Å². The molecule has 0 aliphatic carbocycles. The van der Waals surface area contributed by atoms with Gasteiger partial charge in [-0.15, -0.1) is 0 Å². The van der Waals surface area contributed by atoms with Crippen molar-refractivity contribution in [3.05, 3.63) is 35.9 Å². The van der Waals surface area contributed by atoms with E-state index in [2.05, 4.69) is 0 Å². The predicted molar refractivity (Wildman–Crippen MR) is 88.4 cm³/mol. The first-order valence-electron chi connectivity index (χ1n) is 8.15. The van der Waals surface area contributed by atoms with Crippen molar-refractivity contribution >= 4 is 17.7 Å². The van der Waals surface area contributed by atoms with E-state index < -0.39 is 24.0 Å². The van der Waals surface area contributed by atoms with Crippen LogP contribution in [-0.2, 0) is 19.1 Å². The molecule has 2 N–H and O–H groups in total. The Morgan fingerprint density at radius 2 is 1.67 bits per heavy atom. The minimum atomic E-state index is -0.785. The van der Waals surface area contributed by atoms with Gasteiger partial charge in [0.05, 0.1) is 19.1 Å². The van der Waals surface area contributed by atoms with Crippen molar-refractivity contribution in [1.29, 1.82) is 0 Å². The third-order valence-electron chi connectivity index (χ3n) is 3.34. The third kappa shape index (κ3) is 6.50. The van der Waals surface area contributed by atoms with Gasteiger partial charge in [-0.25, -0.2) is 9.59 Å². The quantitative estimate of drug-likeness (QED) is 0.539. The summed E-state index contributed by atoms with van der Waals surface area (Å²) in [6, 6.07) is 7.34. The minimum Gasteiger partial charge on any atom is -0.462 e. The highest BCUT2D eigenvalue weighted by Crippen LogP contribution is 2.05. The van der Waals surface area contributed by atoms with Gasteiger partial charge in [-0.2, -0.15) is 0 Å². The van der Waals surface area contributed by atoms with Crippen molar-refractivity contribution in [3.63, 3.8) is 0 Å². The molecule has 1 aromatic rings. The molecule has 0 unspecified atom stereocenters. The molecule has 0 radical (unpaired) electrons. The van der Waals surface area contributed by atoms with E-state index >= 15 is 0 Å². The molecule has 0 aromatic heterocycles. The van der Waals surface area contributed by atoms with Crippen LogP contribution in [-0.4, -0.2) is 42.5 Å². The number of rotatable bonds is 9. The van der Waals surface area contributed by atoms with Crippen LogP contribution in [0.15, 0.2) is 30.3 Å². The lowest BCUT2D eigenvalue weighted by atomic mass is 10.0. The monoisotopic (exact) mass is 336 g/mol. The maximum atomic E-state index is 12.3. The van der Waals surface area contributed by atoms with Gasteiger partial charge >= 0.3 is 11.9 Å². The van der Waals surface area contributed by atoms with E-state index in [4.69, 9.17) is 9.47 Å². The van der Waals surface area contributed by atoms with Crippen LogP contribution in [0.5, 0.6) is 0 Å². The number of carbonyl (C=O) groups is 3. The number of quaternary nitrogens is 1. The number of nitrogens with two attached hydrogens (primary N) is 1. The van der Waals surface area contributed by atoms with Crippen LogP contribution in [0.2, 0.25) is 0 Å².